The molecule has 0 spiro atoms. The molecule has 1 aliphatic carbocycles. The molecule has 106 valence electrons. The number of hydrogen-bond donors (Lipinski definition) is 1. The number of rotatable bonds is 5. The highest BCUT2D eigenvalue weighted by Crippen LogP contribution is 2.40. The minimum absolute atomic E-state index is 0.490. The zero-order valence-corrected chi connectivity index (χ0v) is 12.7. The third kappa shape index (κ3) is 3.36. The Balaban J connectivity index is 2.26. The lowest BCUT2D eigenvalue weighted by Crippen LogP contribution is -2.35. The second-order valence-corrected chi connectivity index (χ2v) is 5.83. The lowest BCUT2D eigenvalue weighted by molar-refractivity contribution is 0.176. The normalized spacial score (nSPS) is 25.2. The van der Waals surface area contributed by atoms with Crippen LogP contribution in [0.25, 0.3) is 0 Å². The Morgan fingerprint density at radius 1 is 1.32 bits per heavy atom. The van der Waals surface area contributed by atoms with E-state index in [1.165, 1.54) is 43.4 Å². The Bertz CT molecular complexity index is 389. The molecule has 3 atom stereocenters. The minimum Gasteiger partial charge on any atom is -0.310 e. The Hall–Kier alpha value is -0.890. The highest BCUT2D eigenvalue weighted by molar-refractivity contribution is 5.23. The van der Waals surface area contributed by atoms with Crippen LogP contribution >= 0.6 is 0 Å². The summed E-state index contributed by atoms with van der Waals surface area (Å²) in [6, 6.07) is 4.83. The smallest absolute Gasteiger partial charge is 0.0420 e. The molecule has 1 saturated carbocycles. The fourth-order valence-corrected chi connectivity index (χ4v) is 3.72. The van der Waals surface area contributed by atoms with Crippen LogP contribution in [0.3, 0.4) is 0 Å². The van der Waals surface area contributed by atoms with Gasteiger partial charge < -0.3 is 5.32 Å². The van der Waals surface area contributed by atoms with Crippen LogP contribution in [0.4, 0.5) is 0 Å². The first-order valence-corrected chi connectivity index (χ1v) is 7.92. The molecule has 0 aliphatic heterocycles. The van der Waals surface area contributed by atoms with Crippen molar-refractivity contribution in [1.29, 1.82) is 0 Å². The molecule has 2 heteroatoms. The molecule has 2 rings (SSSR count). The Morgan fingerprint density at radius 2 is 2.11 bits per heavy atom. The van der Waals surface area contributed by atoms with Crippen LogP contribution in [-0.2, 0) is 0 Å². The Labute approximate surface area is 118 Å². The second-order valence-electron chi connectivity index (χ2n) is 5.83. The molecule has 0 bridgehead atoms. The maximum Gasteiger partial charge on any atom is 0.0420 e. The molecule has 0 radical (unpaired) electrons. The summed E-state index contributed by atoms with van der Waals surface area (Å²) in [5.41, 5.74) is 2.60. The predicted octanol–water partition coefficient (Wildman–Crippen LogP) is 4.26. The van der Waals surface area contributed by atoms with Gasteiger partial charge in [0.2, 0.25) is 0 Å². The fraction of sp³-hybridized carbons (Fsp3) is 0.706. The first-order chi connectivity index (χ1) is 9.27. The van der Waals surface area contributed by atoms with E-state index in [-0.39, 0.29) is 0 Å². The van der Waals surface area contributed by atoms with Crippen molar-refractivity contribution in [3.63, 3.8) is 0 Å². The first-order valence-electron chi connectivity index (χ1n) is 7.92. The van der Waals surface area contributed by atoms with Crippen molar-refractivity contribution in [2.75, 3.05) is 6.54 Å². The Morgan fingerprint density at radius 3 is 2.79 bits per heavy atom. The molecule has 19 heavy (non-hydrogen) atoms. The molecule has 0 saturated heterocycles. The second kappa shape index (κ2) is 7.04. The van der Waals surface area contributed by atoms with Gasteiger partial charge in [0, 0.05) is 17.9 Å². The van der Waals surface area contributed by atoms with Crippen LogP contribution in [0.5, 0.6) is 0 Å². The molecule has 1 fully saturated rings. The van der Waals surface area contributed by atoms with Crippen molar-refractivity contribution in [3.8, 4) is 0 Å². The van der Waals surface area contributed by atoms with Gasteiger partial charge in [-0.25, -0.2) is 0 Å². The van der Waals surface area contributed by atoms with E-state index in [1.54, 1.807) is 0 Å². The van der Waals surface area contributed by atoms with Crippen LogP contribution < -0.4 is 5.32 Å². The van der Waals surface area contributed by atoms with Crippen LogP contribution in [0.15, 0.2) is 18.3 Å². The monoisotopic (exact) mass is 260 g/mol. The van der Waals surface area contributed by atoms with E-state index >= 15 is 0 Å². The fourth-order valence-electron chi connectivity index (χ4n) is 3.72. The number of aromatic nitrogens is 1. The summed E-state index contributed by atoms with van der Waals surface area (Å²) in [6.45, 7) is 7.74. The van der Waals surface area contributed by atoms with E-state index in [4.69, 9.17) is 0 Å². The molecule has 1 aromatic rings. The summed E-state index contributed by atoms with van der Waals surface area (Å²) in [6.07, 6.45) is 8.79. The molecule has 1 aromatic heterocycles. The van der Waals surface area contributed by atoms with Gasteiger partial charge in [0.15, 0.2) is 0 Å². The van der Waals surface area contributed by atoms with Crippen molar-refractivity contribution >= 4 is 0 Å². The maximum atomic E-state index is 4.49. The molecule has 0 aromatic carbocycles. The molecule has 1 heterocycles. The lowest BCUT2D eigenvalue weighted by atomic mass is 9.72. The molecule has 0 amide bonds. The predicted molar refractivity (Wildman–Crippen MR) is 81.1 cm³/mol. The van der Waals surface area contributed by atoms with Gasteiger partial charge in [-0.3, -0.25) is 4.98 Å². The van der Waals surface area contributed by atoms with E-state index in [0.717, 1.165) is 18.4 Å². The van der Waals surface area contributed by atoms with Gasteiger partial charge in [-0.2, -0.15) is 0 Å². The summed E-state index contributed by atoms with van der Waals surface area (Å²) < 4.78 is 0. The third-order valence-corrected chi connectivity index (χ3v) is 4.73. The Kier molecular flexibility index (Phi) is 5.38. The van der Waals surface area contributed by atoms with E-state index in [1.807, 2.05) is 6.20 Å². The zero-order chi connectivity index (χ0) is 13.7. The van der Waals surface area contributed by atoms with Crippen LogP contribution in [0.1, 0.15) is 63.3 Å². The van der Waals surface area contributed by atoms with E-state index in [2.05, 4.69) is 43.2 Å². The molecule has 1 N–H and O–H groups in total. The summed E-state index contributed by atoms with van der Waals surface area (Å²) in [7, 11) is 0. The SMILES string of the molecule is CCNC(c1cccnc1C)C1CCCCC1CC. The summed E-state index contributed by atoms with van der Waals surface area (Å²) in [5.74, 6) is 1.65. The largest absolute Gasteiger partial charge is 0.310 e. The quantitative estimate of drug-likeness (QED) is 0.855. The van der Waals surface area contributed by atoms with E-state index in [9.17, 15) is 0 Å². The average molecular weight is 260 g/mol. The van der Waals surface area contributed by atoms with Crippen LogP contribution in [0, 0.1) is 18.8 Å². The van der Waals surface area contributed by atoms with Crippen molar-refractivity contribution in [2.24, 2.45) is 11.8 Å². The van der Waals surface area contributed by atoms with Gasteiger partial charge >= 0.3 is 0 Å². The highest BCUT2D eigenvalue weighted by atomic mass is 14.9. The average Bonchev–Trinajstić information content (AvgIpc) is 2.46. The van der Waals surface area contributed by atoms with Crippen molar-refractivity contribution in [1.82, 2.24) is 10.3 Å². The van der Waals surface area contributed by atoms with Gasteiger partial charge in [0.1, 0.15) is 0 Å². The van der Waals surface area contributed by atoms with Gasteiger partial charge in [0.25, 0.3) is 0 Å². The number of nitrogens with one attached hydrogen (secondary N) is 1. The molecule has 3 unspecified atom stereocenters. The zero-order valence-electron chi connectivity index (χ0n) is 12.7. The van der Waals surface area contributed by atoms with Gasteiger partial charge in [0.05, 0.1) is 0 Å². The molecular weight excluding hydrogens is 232 g/mol. The van der Waals surface area contributed by atoms with E-state index < -0.39 is 0 Å². The minimum atomic E-state index is 0.490. The lowest BCUT2D eigenvalue weighted by Gasteiger charge is -2.38. The van der Waals surface area contributed by atoms with Crippen LogP contribution in [0.2, 0.25) is 0 Å². The van der Waals surface area contributed by atoms with E-state index in [0.29, 0.717) is 6.04 Å². The van der Waals surface area contributed by atoms with Gasteiger partial charge in [-0.1, -0.05) is 45.6 Å². The molecular formula is C17H28N2. The summed E-state index contributed by atoms with van der Waals surface area (Å²) >= 11 is 0. The molecule has 1 aliphatic rings. The number of hydrogen-bond acceptors (Lipinski definition) is 2. The summed E-state index contributed by atoms with van der Waals surface area (Å²) in [4.78, 5) is 4.49. The highest BCUT2D eigenvalue weighted by Gasteiger charge is 2.31. The molecule has 2 nitrogen and oxygen atoms in total. The van der Waals surface area contributed by atoms with Crippen LogP contribution in [-0.4, -0.2) is 11.5 Å². The van der Waals surface area contributed by atoms with Crippen molar-refractivity contribution < 1.29 is 0 Å². The van der Waals surface area contributed by atoms with Crippen molar-refractivity contribution in [2.45, 2.75) is 58.9 Å². The van der Waals surface area contributed by atoms with Crippen molar-refractivity contribution in [3.05, 3.63) is 29.6 Å². The standard InChI is InChI=1S/C17H28N2/c1-4-14-9-6-7-10-16(14)17(18-5-2)15-11-8-12-19-13(15)3/h8,11-12,14,16-18H,4-7,9-10H2,1-3H3. The maximum absolute atomic E-state index is 4.49. The number of pyridine rings is 1. The summed E-state index contributed by atoms with van der Waals surface area (Å²) in [5, 5.41) is 3.73. The van der Waals surface area contributed by atoms with Gasteiger partial charge in [-0.15, -0.1) is 0 Å². The topological polar surface area (TPSA) is 24.9 Å². The number of aryl methyl sites for hydroxylation is 1. The number of nitrogens with zero attached hydrogens (tertiary/aromatic N) is 1. The van der Waals surface area contributed by atoms with Gasteiger partial charge in [-0.05, 0) is 43.4 Å². The first kappa shape index (κ1) is 14.5. The third-order valence-electron chi connectivity index (χ3n) is 4.73.